The Hall–Kier alpha value is -2.88. The molecule has 1 heterocycles. The van der Waals surface area contributed by atoms with Gasteiger partial charge < -0.3 is 16.0 Å². The standard InChI is InChI=1S/C21H28N4O5S/c1-4-14-5-7-15(8-6-14)24-20(29)13(2)23-18(27)12-22-17(26)9-10-25-19(28)11-16(31-3)21(25)30/h5-8,13,16H,4,9-12H2,1-3H3,(H,22,26)(H,23,27)(H,24,29). The van der Waals surface area contributed by atoms with Gasteiger partial charge in [-0.2, -0.15) is 11.8 Å². The van der Waals surface area contributed by atoms with Crippen molar-refractivity contribution < 1.29 is 24.0 Å². The molecule has 3 N–H and O–H groups in total. The summed E-state index contributed by atoms with van der Waals surface area (Å²) in [6.07, 6.45) is 2.71. The number of rotatable bonds is 10. The van der Waals surface area contributed by atoms with Crippen molar-refractivity contribution in [3.8, 4) is 0 Å². The van der Waals surface area contributed by atoms with Crippen LogP contribution in [0.1, 0.15) is 32.3 Å². The lowest BCUT2D eigenvalue weighted by molar-refractivity contribution is -0.138. The molecule has 168 valence electrons. The van der Waals surface area contributed by atoms with Crippen LogP contribution in [0.15, 0.2) is 24.3 Å². The van der Waals surface area contributed by atoms with Crippen molar-refractivity contribution in [3.63, 3.8) is 0 Å². The van der Waals surface area contributed by atoms with Gasteiger partial charge in [0.25, 0.3) is 0 Å². The van der Waals surface area contributed by atoms with Crippen molar-refractivity contribution in [2.24, 2.45) is 0 Å². The molecule has 1 fully saturated rings. The van der Waals surface area contributed by atoms with E-state index in [1.807, 2.05) is 19.1 Å². The molecule has 10 heteroatoms. The Morgan fingerprint density at radius 3 is 2.42 bits per heavy atom. The summed E-state index contributed by atoms with van der Waals surface area (Å²) in [6.45, 7) is 3.26. The van der Waals surface area contributed by atoms with Gasteiger partial charge in [-0.25, -0.2) is 0 Å². The van der Waals surface area contributed by atoms with Crippen molar-refractivity contribution in [3.05, 3.63) is 29.8 Å². The van der Waals surface area contributed by atoms with Crippen LogP contribution in [-0.4, -0.2) is 65.1 Å². The Morgan fingerprint density at radius 1 is 1.16 bits per heavy atom. The van der Waals surface area contributed by atoms with E-state index in [-0.39, 0.29) is 43.7 Å². The molecule has 1 aromatic carbocycles. The van der Waals surface area contributed by atoms with Crippen molar-refractivity contribution in [2.45, 2.75) is 44.4 Å². The lowest BCUT2D eigenvalue weighted by Gasteiger charge is -2.16. The number of likely N-dealkylation sites (tertiary alicyclic amines) is 1. The number of aryl methyl sites for hydroxylation is 1. The first kappa shape index (κ1) is 24.4. The largest absolute Gasteiger partial charge is 0.347 e. The van der Waals surface area contributed by atoms with E-state index in [1.165, 1.54) is 11.8 Å². The molecule has 0 saturated carbocycles. The quantitative estimate of drug-likeness (QED) is 0.453. The van der Waals surface area contributed by atoms with E-state index in [4.69, 9.17) is 0 Å². The molecule has 2 atom stereocenters. The number of amides is 5. The van der Waals surface area contributed by atoms with Crippen molar-refractivity contribution >= 4 is 47.0 Å². The van der Waals surface area contributed by atoms with Gasteiger partial charge in [-0.3, -0.25) is 28.9 Å². The smallest absolute Gasteiger partial charge is 0.246 e. The maximum absolute atomic E-state index is 12.2. The second kappa shape index (κ2) is 11.5. The van der Waals surface area contributed by atoms with E-state index in [1.54, 1.807) is 25.3 Å². The average Bonchev–Trinajstić information content (AvgIpc) is 3.03. The molecule has 31 heavy (non-hydrogen) atoms. The number of hydrogen-bond acceptors (Lipinski definition) is 6. The highest BCUT2D eigenvalue weighted by Crippen LogP contribution is 2.22. The molecule has 0 bridgehead atoms. The minimum Gasteiger partial charge on any atom is -0.347 e. The summed E-state index contributed by atoms with van der Waals surface area (Å²) < 4.78 is 0. The zero-order valence-corrected chi connectivity index (χ0v) is 18.7. The summed E-state index contributed by atoms with van der Waals surface area (Å²) in [4.78, 5) is 61.1. The fraction of sp³-hybridized carbons (Fsp3) is 0.476. The van der Waals surface area contributed by atoms with Crippen molar-refractivity contribution in [1.29, 1.82) is 0 Å². The first-order chi connectivity index (χ1) is 14.7. The number of nitrogens with one attached hydrogen (secondary N) is 3. The number of nitrogens with zero attached hydrogens (tertiary/aromatic N) is 1. The molecule has 1 aliphatic rings. The molecule has 1 aliphatic heterocycles. The molecule has 1 aromatic rings. The van der Waals surface area contributed by atoms with E-state index in [0.717, 1.165) is 16.9 Å². The van der Waals surface area contributed by atoms with Crippen LogP contribution in [-0.2, 0) is 30.4 Å². The van der Waals surface area contributed by atoms with Gasteiger partial charge in [0, 0.05) is 25.1 Å². The van der Waals surface area contributed by atoms with Gasteiger partial charge in [-0.15, -0.1) is 0 Å². The first-order valence-corrected chi connectivity index (χ1v) is 11.4. The highest BCUT2D eigenvalue weighted by molar-refractivity contribution is 8.00. The van der Waals surface area contributed by atoms with Crippen molar-refractivity contribution in [2.75, 3.05) is 24.7 Å². The fourth-order valence-electron chi connectivity index (χ4n) is 2.98. The van der Waals surface area contributed by atoms with Crippen LogP contribution in [0.4, 0.5) is 5.69 Å². The Balaban J connectivity index is 1.70. The van der Waals surface area contributed by atoms with E-state index in [2.05, 4.69) is 16.0 Å². The van der Waals surface area contributed by atoms with Gasteiger partial charge in [0.15, 0.2) is 0 Å². The number of anilines is 1. The Kier molecular flexibility index (Phi) is 9.04. The monoisotopic (exact) mass is 448 g/mol. The number of carbonyl (C=O) groups is 5. The lowest BCUT2D eigenvalue weighted by Crippen LogP contribution is -2.46. The molecular formula is C21H28N4O5S. The molecule has 9 nitrogen and oxygen atoms in total. The first-order valence-electron chi connectivity index (χ1n) is 10.1. The number of thioether (sulfide) groups is 1. The molecule has 2 rings (SSSR count). The van der Waals surface area contributed by atoms with Gasteiger partial charge in [0.2, 0.25) is 29.5 Å². The zero-order chi connectivity index (χ0) is 23.0. The average molecular weight is 449 g/mol. The summed E-state index contributed by atoms with van der Waals surface area (Å²) in [5.41, 5.74) is 1.78. The van der Waals surface area contributed by atoms with Gasteiger partial charge in [-0.05, 0) is 37.3 Å². The van der Waals surface area contributed by atoms with Gasteiger partial charge >= 0.3 is 0 Å². The summed E-state index contributed by atoms with van der Waals surface area (Å²) >= 11 is 1.31. The number of carbonyl (C=O) groups excluding carboxylic acids is 5. The van der Waals surface area contributed by atoms with Gasteiger partial charge in [-0.1, -0.05) is 19.1 Å². The minimum absolute atomic E-state index is 0.0161. The zero-order valence-electron chi connectivity index (χ0n) is 17.9. The van der Waals surface area contributed by atoms with E-state index in [0.29, 0.717) is 5.69 Å². The molecule has 0 radical (unpaired) electrons. The molecule has 0 aliphatic carbocycles. The van der Waals surface area contributed by atoms with Crippen LogP contribution in [0.2, 0.25) is 0 Å². The number of imide groups is 1. The van der Waals surface area contributed by atoms with Crippen LogP contribution < -0.4 is 16.0 Å². The topological polar surface area (TPSA) is 125 Å². The highest BCUT2D eigenvalue weighted by Gasteiger charge is 2.37. The van der Waals surface area contributed by atoms with Gasteiger partial charge in [0.05, 0.1) is 11.8 Å². The fourth-order valence-corrected chi connectivity index (χ4v) is 3.62. The third kappa shape index (κ3) is 7.09. The second-order valence-corrected chi connectivity index (χ2v) is 8.21. The van der Waals surface area contributed by atoms with E-state index < -0.39 is 23.1 Å². The van der Waals surface area contributed by atoms with Crippen LogP contribution in [0.25, 0.3) is 0 Å². The molecule has 0 aromatic heterocycles. The summed E-state index contributed by atoms with van der Waals surface area (Å²) in [7, 11) is 0. The Labute approximate surface area is 185 Å². The SMILES string of the molecule is CCc1ccc(NC(=O)C(C)NC(=O)CNC(=O)CCN2C(=O)CC(SC)C2=O)cc1. The molecule has 5 amide bonds. The molecule has 0 spiro atoms. The normalized spacial score (nSPS) is 16.7. The van der Waals surface area contributed by atoms with Crippen LogP contribution in [0, 0.1) is 0 Å². The lowest BCUT2D eigenvalue weighted by atomic mass is 10.1. The minimum atomic E-state index is -0.793. The van der Waals surface area contributed by atoms with Crippen molar-refractivity contribution in [1.82, 2.24) is 15.5 Å². The van der Waals surface area contributed by atoms with Crippen LogP contribution in [0.3, 0.4) is 0 Å². The van der Waals surface area contributed by atoms with Crippen LogP contribution >= 0.6 is 11.8 Å². The highest BCUT2D eigenvalue weighted by atomic mass is 32.2. The molecule has 2 unspecified atom stereocenters. The summed E-state index contributed by atoms with van der Waals surface area (Å²) in [6, 6.07) is 6.63. The third-order valence-corrected chi connectivity index (χ3v) is 5.83. The Morgan fingerprint density at radius 2 is 1.84 bits per heavy atom. The van der Waals surface area contributed by atoms with E-state index >= 15 is 0 Å². The summed E-state index contributed by atoms with van der Waals surface area (Å²) in [5, 5.41) is 7.28. The third-order valence-electron chi connectivity index (χ3n) is 4.90. The predicted molar refractivity (Wildman–Crippen MR) is 118 cm³/mol. The molecule has 1 saturated heterocycles. The summed E-state index contributed by atoms with van der Waals surface area (Å²) in [5.74, 6) is -1.94. The maximum Gasteiger partial charge on any atom is 0.246 e. The Bertz CT molecular complexity index is 843. The predicted octanol–water partition coefficient (Wildman–Crippen LogP) is 0.689. The van der Waals surface area contributed by atoms with E-state index in [9.17, 15) is 24.0 Å². The van der Waals surface area contributed by atoms with Gasteiger partial charge in [0.1, 0.15) is 6.04 Å². The second-order valence-electron chi connectivity index (χ2n) is 7.17. The van der Waals surface area contributed by atoms with Crippen LogP contribution in [0.5, 0.6) is 0 Å². The number of hydrogen-bond donors (Lipinski definition) is 3. The number of benzene rings is 1. The maximum atomic E-state index is 12.2. The molecular weight excluding hydrogens is 420 g/mol.